The Balaban J connectivity index is 2.41. The summed E-state index contributed by atoms with van der Waals surface area (Å²) in [5.74, 6) is -2.76. The van der Waals surface area contributed by atoms with Gasteiger partial charge in [0.2, 0.25) is 22.7 Å². The lowest BCUT2D eigenvalue weighted by molar-refractivity contribution is -0.114. The van der Waals surface area contributed by atoms with Crippen molar-refractivity contribution in [1.29, 1.82) is 0 Å². The smallest absolute Gasteiger partial charge is 0.238 e. The molecule has 142 valence electrons. The van der Waals surface area contributed by atoms with Gasteiger partial charge >= 0.3 is 0 Å². The Hall–Kier alpha value is -3.46. The Bertz CT molecular complexity index is 1060. The highest BCUT2D eigenvalue weighted by Crippen LogP contribution is 2.44. The van der Waals surface area contributed by atoms with Gasteiger partial charge in [0.1, 0.15) is 11.0 Å². The number of benzene rings is 1. The lowest BCUT2D eigenvalue weighted by atomic mass is 9.92. The number of phenols is 1. The molecule has 1 heterocycles. The fourth-order valence-electron chi connectivity index (χ4n) is 2.83. The van der Waals surface area contributed by atoms with Gasteiger partial charge in [-0.1, -0.05) is 0 Å². The predicted octanol–water partition coefficient (Wildman–Crippen LogP) is 1.29. The summed E-state index contributed by atoms with van der Waals surface area (Å²) in [6.07, 6.45) is 2.80. The van der Waals surface area contributed by atoms with E-state index in [-0.39, 0.29) is 28.2 Å². The second kappa shape index (κ2) is 6.36. The number of ketones is 1. The van der Waals surface area contributed by atoms with Crippen LogP contribution in [0.1, 0.15) is 5.76 Å². The number of carbonyl (C=O) groups excluding carboxylic acids is 1. The number of hydrogen-bond acceptors (Lipinski definition) is 9. The monoisotopic (exact) mass is 376 g/mol. The molecule has 1 aromatic heterocycles. The van der Waals surface area contributed by atoms with Crippen LogP contribution in [0.5, 0.6) is 23.0 Å². The minimum Gasteiger partial charge on any atom is -0.504 e. The molecule has 0 bridgehead atoms. The van der Waals surface area contributed by atoms with Crippen molar-refractivity contribution in [3.8, 4) is 23.0 Å². The van der Waals surface area contributed by atoms with Gasteiger partial charge in [-0.05, 0) is 12.2 Å². The van der Waals surface area contributed by atoms with Crippen molar-refractivity contribution >= 4 is 16.8 Å². The third kappa shape index (κ3) is 2.68. The Morgan fingerprint density at radius 3 is 2.26 bits per heavy atom. The highest BCUT2D eigenvalue weighted by atomic mass is 16.5. The molecule has 3 N–H and O–H groups in total. The number of rotatable bonds is 4. The van der Waals surface area contributed by atoms with Gasteiger partial charge in [-0.15, -0.1) is 0 Å². The van der Waals surface area contributed by atoms with Crippen LogP contribution in [0.4, 0.5) is 0 Å². The molecule has 0 fully saturated rings. The van der Waals surface area contributed by atoms with Crippen molar-refractivity contribution < 1.29 is 38.7 Å². The number of allylic oxidation sites excluding steroid dienone is 1. The van der Waals surface area contributed by atoms with Crippen LogP contribution in [0.15, 0.2) is 39.3 Å². The molecule has 9 heteroatoms. The van der Waals surface area contributed by atoms with E-state index in [4.69, 9.17) is 18.6 Å². The molecule has 2 aromatic rings. The van der Waals surface area contributed by atoms with Gasteiger partial charge in [-0.25, -0.2) is 0 Å². The second-order valence-corrected chi connectivity index (χ2v) is 5.68. The molecule has 0 spiro atoms. The normalized spacial score (nSPS) is 19.1. The number of phenolic OH excluding ortho intramolecular Hbond substituents is 1. The summed E-state index contributed by atoms with van der Waals surface area (Å²) >= 11 is 0. The molecule has 1 aliphatic carbocycles. The minimum atomic E-state index is -2.13. The quantitative estimate of drug-likeness (QED) is 0.721. The van der Waals surface area contributed by atoms with E-state index < -0.39 is 34.1 Å². The van der Waals surface area contributed by atoms with Crippen LogP contribution in [0, 0.1) is 0 Å². The van der Waals surface area contributed by atoms with Crippen LogP contribution in [0.3, 0.4) is 0 Å². The molecule has 0 saturated heterocycles. The molecule has 27 heavy (non-hydrogen) atoms. The number of methoxy groups -OCH3 is 3. The number of carbonyl (C=O) groups is 1. The van der Waals surface area contributed by atoms with Crippen molar-refractivity contribution in [2.45, 2.75) is 5.60 Å². The Kier molecular flexibility index (Phi) is 4.32. The maximum atomic E-state index is 12.9. The number of fused-ring (bicyclic) bond motifs is 1. The van der Waals surface area contributed by atoms with Gasteiger partial charge in [0.05, 0.1) is 21.3 Å². The molecule has 3 rings (SSSR count). The summed E-state index contributed by atoms with van der Waals surface area (Å²) in [6, 6.07) is 1.29. The summed E-state index contributed by atoms with van der Waals surface area (Å²) in [5.41, 5.74) is -3.05. The largest absolute Gasteiger partial charge is 0.504 e. The third-order valence-corrected chi connectivity index (χ3v) is 4.13. The number of hydrogen-bond donors (Lipinski definition) is 3. The van der Waals surface area contributed by atoms with E-state index in [0.717, 1.165) is 18.2 Å². The fourth-order valence-corrected chi connectivity index (χ4v) is 2.83. The van der Waals surface area contributed by atoms with Gasteiger partial charge in [0.25, 0.3) is 0 Å². The standard InChI is InChI=1S/C18H16O9/c1-24-11-6-10-12(13(21)15(11)25-2)14(22)16(26-3)17(27-10)18(23)5-4-8(19)9(20)7-18/h4-7,20-21,23H,1-3H3. The number of aromatic hydroxyl groups is 1. The molecule has 1 aliphatic rings. The average Bonchev–Trinajstić information content (AvgIpc) is 2.64. The molecular weight excluding hydrogens is 360 g/mol. The molecule has 0 amide bonds. The first-order chi connectivity index (χ1) is 12.8. The summed E-state index contributed by atoms with van der Waals surface area (Å²) in [6.45, 7) is 0. The number of ether oxygens (including phenoxy) is 3. The third-order valence-electron chi connectivity index (χ3n) is 4.13. The molecule has 0 aliphatic heterocycles. The molecule has 0 saturated carbocycles. The SMILES string of the molecule is COc1cc2oc(C3(O)C=CC(=O)C(O)=C3)c(OC)c(=O)c2c(O)c1OC. The first kappa shape index (κ1) is 18.3. The van der Waals surface area contributed by atoms with Crippen molar-refractivity contribution in [2.24, 2.45) is 0 Å². The lowest BCUT2D eigenvalue weighted by Crippen LogP contribution is -2.28. The number of aliphatic hydroxyl groups excluding tert-OH is 1. The first-order valence-corrected chi connectivity index (χ1v) is 7.64. The highest BCUT2D eigenvalue weighted by Gasteiger charge is 2.37. The van der Waals surface area contributed by atoms with Gasteiger partial charge in [-0.2, -0.15) is 0 Å². The zero-order chi connectivity index (χ0) is 19.9. The van der Waals surface area contributed by atoms with Gasteiger partial charge in [0.15, 0.2) is 28.6 Å². The van der Waals surface area contributed by atoms with Crippen molar-refractivity contribution in [3.63, 3.8) is 0 Å². The Labute approximate surface area is 152 Å². The van der Waals surface area contributed by atoms with E-state index in [0.29, 0.717) is 0 Å². The molecule has 1 atom stereocenters. The van der Waals surface area contributed by atoms with E-state index in [1.165, 1.54) is 27.4 Å². The zero-order valence-electron chi connectivity index (χ0n) is 14.6. The van der Waals surface area contributed by atoms with Crippen molar-refractivity contribution in [3.05, 3.63) is 46.0 Å². The lowest BCUT2D eigenvalue weighted by Gasteiger charge is -2.24. The van der Waals surface area contributed by atoms with E-state index in [1.807, 2.05) is 0 Å². The van der Waals surface area contributed by atoms with E-state index in [1.54, 1.807) is 0 Å². The van der Waals surface area contributed by atoms with E-state index in [2.05, 4.69) is 0 Å². The van der Waals surface area contributed by atoms with Crippen LogP contribution in [-0.4, -0.2) is 42.4 Å². The molecule has 0 radical (unpaired) electrons. The maximum absolute atomic E-state index is 12.9. The molecule has 1 aromatic carbocycles. The van der Waals surface area contributed by atoms with Gasteiger partial charge in [-0.3, -0.25) is 9.59 Å². The van der Waals surface area contributed by atoms with Crippen LogP contribution in [0.25, 0.3) is 11.0 Å². The van der Waals surface area contributed by atoms with E-state index in [9.17, 15) is 24.9 Å². The van der Waals surface area contributed by atoms with Crippen molar-refractivity contribution in [1.82, 2.24) is 0 Å². The van der Waals surface area contributed by atoms with Crippen LogP contribution in [0.2, 0.25) is 0 Å². The summed E-state index contributed by atoms with van der Waals surface area (Å²) in [7, 11) is 3.79. The van der Waals surface area contributed by atoms with Crippen molar-refractivity contribution in [2.75, 3.05) is 21.3 Å². The summed E-state index contributed by atoms with van der Waals surface area (Å²) in [4.78, 5) is 24.3. The number of aliphatic hydroxyl groups is 2. The molecule has 9 nitrogen and oxygen atoms in total. The summed E-state index contributed by atoms with van der Waals surface area (Å²) in [5, 5.41) is 30.7. The Morgan fingerprint density at radius 2 is 1.70 bits per heavy atom. The van der Waals surface area contributed by atoms with Crippen LogP contribution in [-0.2, 0) is 10.4 Å². The minimum absolute atomic E-state index is 0.0773. The molecule has 1 unspecified atom stereocenters. The average molecular weight is 376 g/mol. The summed E-state index contributed by atoms with van der Waals surface area (Å²) < 4.78 is 20.9. The highest BCUT2D eigenvalue weighted by molar-refractivity contribution is 6.03. The van der Waals surface area contributed by atoms with E-state index >= 15 is 0 Å². The topological polar surface area (TPSA) is 136 Å². The van der Waals surface area contributed by atoms with Crippen LogP contribution < -0.4 is 19.6 Å². The predicted molar refractivity (Wildman–Crippen MR) is 92.6 cm³/mol. The fraction of sp³-hybridized carbons (Fsp3) is 0.222. The van der Waals surface area contributed by atoms with Gasteiger partial charge < -0.3 is 33.9 Å². The second-order valence-electron chi connectivity index (χ2n) is 5.68. The Morgan fingerprint density at radius 1 is 1.04 bits per heavy atom. The first-order valence-electron chi connectivity index (χ1n) is 7.64. The maximum Gasteiger partial charge on any atom is 0.238 e. The zero-order valence-corrected chi connectivity index (χ0v) is 14.6. The van der Waals surface area contributed by atoms with Crippen LogP contribution >= 0.6 is 0 Å². The van der Waals surface area contributed by atoms with Gasteiger partial charge in [0, 0.05) is 12.1 Å². The molecular formula is C18H16O9.